The summed E-state index contributed by atoms with van der Waals surface area (Å²) in [5, 5.41) is 12.4. The molecule has 0 saturated carbocycles. The van der Waals surface area contributed by atoms with Gasteiger partial charge >= 0.3 is 5.97 Å². The summed E-state index contributed by atoms with van der Waals surface area (Å²) in [6.07, 6.45) is 0. The van der Waals surface area contributed by atoms with Crippen LogP contribution in [0.1, 0.15) is 21.5 Å². The van der Waals surface area contributed by atoms with Gasteiger partial charge in [-0.05, 0) is 42.3 Å². The molecule has 0 aliphatic carbocycles. The second-order valence-electron chi connectivity index (χ2n) is 4.46. The number of aromatic carboxylic acids is 1. The van der Waals surface area contributed by atoms with Gasteiger partial charge in [-0.3, -0.25) is 0 Å². The molecule has 0 radical (unpaired) electrons. The van der Waals surface area contributed by atoms with Crippen molar-refractivity contribution in [2.45, 2.75) is 13.5 Å². The Bertz CT molecular complexity index is 658. The Morgan fingerprint density at radius 1 is 1.30 bits per heavy atom. The number of hydrogen-bond acceptors (Lipinski definition) is 2. The van der Waals surface area contributed by atoms with Gasteiger partial charge in [-0.15, -0.1) is 0 Å². The second kappa shape index (κ2) is 5.92. The molecule has 2 rings (SSSR count). The minimum atomic E-state index is -1.27. The van der Waals surface area contributed by atoms with Gasteiger partial charge in [0, 0.05) is 6.54 Å². The minimum absolute atomic E-state index is 0.331. The van der Waals surface area contributed by atoms with E-state index in [9.17, 15) is 9.18 Å². The van der Waals surface area contributed by atoms with Crippen LogP contribution in [-0.2, 0) is 6.54 Å². The van der Waals surface area contributed by atoms with Gasteiger partial charge in [0.1, 0.15) is 5.82 Å². The van der Waals surface area contributed by atoms with Gasteiger partial charge in [-0.25, -0.2) is 9.18 Å². The van der Waals surface area contributed by atoms with E-state index in [0.29, 0.717) is 17.1 Å². The van der Waals surface area contributed by atoms with Crippen molar-refractivity contribution in [2.75, 3.05) is 5.32 Å². The molecule has 0 bridgehead atoms. The first-order valence-electron chi connectivity index (χ1n) is 5.99. The molecule has 5 heteroatoms. The third-order valence-electron chi connectivity index (χ3n) is 2.87. The Labute approximate surface area is 121 Å². The van der Waals surface area contributed by atoms with Crippen molar-refractivity contribution >= 4 is 23.3 Å². The maximum absolute atomic E-state index is 13.5. The normalized spacial score (nSPS) is 10.3. The third-order valence-corrected chi connectivity index (χ3v) is 3.18. The molecule has 0 amide bonds. The fourth-order valence-electron chi connectivity index (χ4n) is 1.80. The quantitative estimate of drug-likeness (QED) is 0.892. The first kappa shape index (κ1) is 14.3. The maximum atomic E-state index is 13.5. The molecule has 20 heavy (non-hydrogen) atoms. The van der Waals surface area contributed by atoms with Crippen molar-refractivity contribution in [3.05, 3.63) is 63.9 Å². The lowest BCUT2D eigenvalue weighted by molar-refractivity contribution is 0.0692. The minimum Gasteiger partial charge on any atom is -0.478 e. The van der Waals surface area contributed by atoms with E-state index in [1.165, 1.54) is 12.1 Å². The summed E-state index contributed by atoms with van der Waals surface area (Å²) in [5.74, 6) is -2.02. The highest BCUT2D eigenvalue weighted by atomic mass is 35.5. The lowest BCUT2D eigenvalue weighted by Crippen LogP contribution is -2.04. The molecule has 2 aromatic rings. The Balaban J connectivity index is 2.11. The number of nitrogens with one attached hydrogen (secondary N) is 1. The van der Waals surface area contributed by atoms with Crippen LogP contribution >= 0.6 is 11.6 Å². The van der Waals surface area contributed by atoms with Gasteiger partial charge < -0.3 is 10.4 Å². The molecular weight excluding hydrogens is 281 g/mol. The van der Waals surface area contributed by atoms with Gasteiger partial charge in [-0.1, -0.05) is 23.7 Å². The zero-order chi connectivity index (χ0) is 14.7. The van der Waals surface area contributed by atoms with E-state index in [4.69, 9.17) is 16.7 Å². The molecule has 0 aliphatic heterocycles. The van der Waals surface area contributed by atoms with Crippen LogP contribution in [0.15, 0.2) is 36.4 Å². The molecule has 0 atom stereocenters. The molecular formula is C15H13ClFNO2. The molecule has 2 N–H and O–H groups in total. The Morgan fingerprint density at radius 3 is 2.65 bits per heavy atom. The highest BCUT2D eigenvalue weighted by Crippen LogP contribution is 2.23. The first-order chi connectivity index (χ1) is 9.47. The number of anilines is 1. The molecule has 0 unspecified atom stereocenters. The second-order valence-corrected chi connectivity index (χ2v) is 4.86. The number of carbonyl (C=O) groups is 1. The number of hydrogen-bond donors (Lipinski definition) is 2. The molecule has 104 valence electrons. The van der Waals surface area contributed by atoms with Crippen molar-refractivity contribution in [1.29, 1.82) is 0 Å². The summed E-state index contributed by atoms with van der Waals surface area (Å²) >= 11 is 6.08. The highest BCUT2D eigenvalue weighted by molar-refractivity contribution is 6.33. The van der Waals surface area contributed by atoms with Crippen molar-refractivity contribution in [3.63, 3.8) is 0 Å². The van der Waals surface area contributed by atoms with Crippen molar-refractivity contribution in [2.24, 2.45) is 0 Å². The fraction of sp³-hybridized carbons (Fsp3) is 0.133. The summed E-state index contributed by atoms with van der Waals surface area (Å²) in [5.41, 5.74) is 2.11. The molecule has 3 nitrogen and oxygen atoms in total. The Hall–Kier alpha value is -2.07. The lowest BCUT2D eigenvalue weighted by atomic mass is 10.1. The van der Waals surface area contributed by atoms with Gasteiger partial charge in [0.05, 0.1) is 16.3 Å². The summed E-state index contributed by atoms with van der Waals surface area (Å²) in [7, 11) is 0. The summed E-state index contributed by atoms with van der Waals surface area (Å²) in [6, 6.07) is 9.63. The van der Waals surface area contributed by atoms with Crippen LogP contribution in [-0.4, -0.2) is 11.1 Å². The lowest BCUT2D eigenvalue weighted by Gasteiger charge is -2.09. The van der Waals surface area contributed by atoms with E-state index in [0.717, 1.165) is 11.3 Å². The molecule has 0 aromatic heterocycles. The molecule has 2 aromatic carbocycles. The molecule has 0 aliphatic rings. The van der Waals surface area contributed by atoms with E-state index < -0.39 is 11.8 Å². The SMILES string of the molecule is Cc1ccc(NCc2ccc(C(=O)O)c(F)c2)c(Cl)c1. The summed E-state index contributed by atoms with van der Waals surface area (Å²) in [4.78, 5) is 10.7. The number of carboxylic acid groups (broad SMARTS) is 1. The number of carboxylic acids is 1. The molecule has 0 fully saturated rings. The van der Waals surface area contributed by atoms with Crippen LogP contribution in [0.3, 0.4) is 0 Å². The van der Waals surface area contributed by atoms with Gasteiger partial charge in [0.15, 0.2) is 0 Å². The fourth-order valence-corrected chi connectivity index (χ4v) is 2.10. The first-order valence-corrected chi connectivity index (χ1v) is 6.37. The van der Waals surface area contributed by atoms with Gasteiger partial charge in [-0.2, -0.15) is 0 Å². The van der Waals surface area contributed by atoms with E-state index in [1.807, 2.05) is 25.1 Å². The highest BCUT2D eigenvalue weighted by Gasteiger charge is 2.10. The van der Waals surface area contributed by atoms with Crippen LogP contribution < -0.4 is 5.32 Å². The molecule has 0 saturated heterocycles. The average Bonchev–Trinajstić information content (AvgIpc) is 2.37. The van der Waals surface area contributed by atoms with Crippen LogP contribution in [0.25, 0.3) is 0 Å². The number of halogens is 2. The van der Waals surface area contributed by atoms with E-state index in [-0.39, 0.29) is 5.56 Å². The molecule has 0 heterocycles. The number of aryl methyl sites for hydroxylation is 1. The standard InChI is InChI=1S/C15H13ClFNO2/c1-9-2-5-14(12(16)6-9)18-8-10-3-4-11(15(19)20)13(17)7-10/h2-7,18H,8H2,1H3,(H,19,20). The maximum Gasteiger partial charge on any atom is 0.338 e. The third kappa shape index (κ3) is 3.27. The zero-order valence-electron chi connectivity index (χ0n) is 10.8. The van der Waals surface area contributed by atoms with Crippen LogP contribution in [0.4, 0.5) is 10.1 Å². The largest absolute Gasteiger partial charge is 0.478 e. The Morgan fingerprint density at radius 2 is 2.05 bits per heavy atom. The predicted octanol–water partition coefficient (Wildman–Crippen LogP) is 4.10. The van der Waals surface area contributed by atoms with Crippen molar-refractivity contribution < 1.29 is 14.3 Å². The monoisotopic (exact) mass is 293 g/mol. The van der Waals surface area contributed by atoms with Crippen molar-refractivity contribution in [3.8, 4) is 0 Å². The van der Waals surface area contributed by atoms with Crippen LogP contribution in [0.5, 0.6) is 0 Å². The van der Waals surface area contributed by atoms with E-state index >= 15 is 0 Å². The zero-order valence-corrected chi connectivity index (χ0v) is 11.5. The van der Waals surface area contributed by atoms with E-state index in [1.54, 1.807) is 6.07 Å². The number of rotatable bonds is 4. The van der Waals surface area contributed by atoms with E-state index in [2.05, 4.69) is 5.32 Å². The number of benzene rings is 2. The summed E-state index contributed by atoms with van der Waals surface area (Å²) in [6.45, 7) is 2.30. The van der Waals surface area contributed by atoms with Gasteiger partial charge in [0.2, 0.25) is 0 Å². The average molecular weight is 294 g/mol. The van der Waals surface area contributed by atoms with Gasteiger partial charge in [0.25, 0.3) is 0 Å². The Kier molecular flexibility index (Phi) is 4.25. The van der Waals surface area contributed by atoms with Crippen molar-refractivity contribution in [1.82, 2.24) is 0 Å². The topological polar surface area (TPSA) is 49.3 Å². The molecule has 0 spiro atoms. The predicted molar refractivity (Wildman–Crippen MR) is 76.9 cm³/mol. The smallest absolute Gasteiger partial charge is 0.338 e. The van der Waals surface area contributed by atoms with Crippen LogP contribution in [0, 0.1) is 12.7 Å². The van der Waals surface area contributed by atoms with Crippen LogP contribution in [0.2, 0.25) is 5.02 Å². The summed E-state index contributed by atoms with van der Waals surface area (Å²) < 4.78 is 13.5.